The molecule has 2 rings (SSSR count). The van der Waals surface area contributed by atoms with Crippen LogP contribution in [0.4, 0.5) is 0 Å². The molecule has 0 aliphatic heterocycles. The smallest absolute Gasteiger partial charge is 0.0979 e. The summed E-state index contributed by atoms with van der Waals surface area (Å²) in [5, 5.41) is 3.45. The van der Waals surface area contributed by atoms with E-state index in [0.717, 1.165) is 8.67 Å². The van der Waals surface area contributed by atoms with E-state index in [2.05, 4.69) is 32.3 Å². The molecule has 2 atom stereocenters. The van der Waals surface area contributed by atoms with Gasteiger partial charge in [0.2, 0.25) is 0 Å². The zero-order valence-electron chi connectivity index (χ0n) is 10.5. The van der Waals surface area contributed by atoms with E-state index in [0.29, 0.717) is 17.4 Å². The van der Waals surface area contributed by atoms with E-state index in [1.807, 2.05) is 0 Å². The van der Waals surface area contributed by atoms with Crippen molar-refractivity contribution in [3.05, 3.63) is 20.3 Å². The molecule has 1 nitrogen and oxygen atoms in total. The van der Waals surface area contributed by atoms with Gasteiger partial charge < -0.3 is 5.32 Å². The fourth-order valence-electron chi connectivity index (χ4n) is 3.46. The number of rotatable bonds is 4. The average molecular weight is 292 g/mol. The topological polar surface area (TPSA) is 12.0 Å². The zero-order chi connectivity index (χ0) is 12.6. The Hall–Kier alpha value is 0.240. The average Bonchev–Trinajstić information content (AvgIpc) is 2.59. The fourth-order valence-corrected chi connectivity index (χ4v) is 5.03. The van der Waals surface area contributed by atoms with Crippen molar-refractivity contribution in [2.45, 2.75) is 45.1 Å². The monoisotopic (exact) mass is 291 g/mol. The fraction of sp³-hybridized carbons (Fsp3) is 0.692. The van der Waals surface area contributed by atoms with Crippen molar-refractivity contribution in [3.63, 3.8) is 0 Å². The Morgan fingerprint density at radius 2 is 2.06 bits per heavy atom. The maximum Gasteiger partial charge on any atom is 0.0979 e. The SMILES string of the molecule is CCC1(CC)C(NC)CC1c1cc(Cl)sc1Cl. The lowest BCUT2D eigenvalue weighted by Gasteiger charge is -2.56. The van der Waals surface area contributed by atoms with Crippen LogP contribution in [0.25, 0.3) is 0 Å². The van der Waals surface area contributed by atoms with Gasteiger partial charge in [-0.1, -0.05) is 37.0 Å². The lowest BCUT2D eigenvalue weighted by Crippen LogP contribution is -2.57. The van der Waals surface area contributed by atoms with Crippen molar-refractivity contribution in [3.8, 4) is 0 Å². The van der Waals surface area contributed by atoms with Crippen LogP contribution in [0.2, 0.25) is 8.67 Å². The summed E-state index contributed by atoms with van der Waals surface area (Å²) in [4.78, 5) is 0. The van der Waals surface area contributed by atoms with Crippen molar-refractivity contribution in [1.29, 1.82) is 0 Å². The predicted octanol–water partition coefficient (Wildman–Crippen LogP) is 4.94. The number of hydrogen-bond acceptors (Lipinski definition) is 2. The third kappa shape index (κ3) is 2.03. The van der Waals surface area contributed by atoms with Gasteiger partial charge in [-0.25, -0.2) is 0 Å². The Morgan fingerprint density at radius 3 is 2.47 bits per heavy atom. The Labute approximate surface area is 118 Å². The highest BCUT2D eigenvalue weighted by molar-refractivity contribution is 7.20. The third-order valence-electron chi connectivity index (χ3n) is 4.58. The van der Waals surface area contributed by atoms with Crippen molar-refractivity contribution in [2.75, 3.05) is 7.05 Å². The molecule has 2 unspecified atom stereocenters. The van der Waals surface area contributed by atoms with Crippen LogP contribution >= 0.6 is 34.5 Å². The summed E-state index contributed by atoms with van der Waals surface area (Å²) in [5.41, 5.74) is 1.61. The maximum absolute atomic E-state index is 6.30. The van der Waals surface area contributed by atoms with Gasteiger partial charge in [-0.2, -0.15) is 0 Å². The summed E-state index contributed by atoms with van der Waals surface area (Å²) < 4.78 is 1.68. The summed E-state index contributed by atoms with van der Waals surface area (Å²) in [6.45, 7) is 4.56. The summed E-state index contributed by atoms with van der Waals surface area (Å²) in [7, 11) is 2.06. The Bertz CT molecular complexity index is 398. The minimum Gasteiger partial charge on any atom is -0.316 e. The summed E-state index contributed by atoms with van der Waals surface area (Å²) in [5.74, 6) is 0.561. The lowest BCUT2D eigenvalue weighted by atomic mass is 9.52. The van der Waals surface area contributed by atoms with Gasteiger partial charge in [-0.05, 0) is 49.3 Å². The first-order valence-corrected chi connectivity index (χ1v) is 7.78. The summed E-state index contributed by atoms with van der Waals surface area (Å²) in [6.07, 6.45) is 3.54. The van der Waals surface area contributed by atoms with Gasteiger partial charge in [0.25, 0.3) is 0 Å². The molecule has 0 spiro atoms. The van der Waals surface area contributed by atoms with Crippen LogP contribution in [0.15, 0.2) is 6.07 Å². The normalized spacial score (nSPS) is 26.9. The van der Waals surface area contributed by atoms with Crippen LogP contribution in [0.5, 0.6) is 0 Å². The quantitative estimate of drug-likeness (QED) is 0.829. The van der Waals surface area contributed by atoms with Crippen LogP contribution in [-0.4, -0.2) is 13.1 Å². The second kappa shape index (κ2) is 5.08. The van der Waals surface area contributed by atoms with Gasteiger partial charge in [-0.3, -0.25) is 0 Å². The number of nitrogens with one attached hydrogen (secondary N) is 1. The highest BCUT2D eigenvalue weighted by atomic mass is 35.5. The van der Waals surface area contributed by atoms with Gasteiger partial charge in [0, 0.05) is 6.04 Å². The predicted molar refractivity (Wildman–Crippen MR) is 77.6 cm³/mol. The molecule has 1 aliphatic carbocycles. The second-order valence-corrected chi connectivity index (χ2v) is 7.13. The van der Waals surface area contributed by atoms with Crippen molar-refractivity contribution in [1.82, 2.24) is 5.32 Å². The van der Waals surface area contributed by atoms with Crippen LogP contribution in [-0.2, 0) is 0 Å². The number of hydrogen-bond donors (Lipinski definition) is 1. The van der Waals surface area contributed by atoms with E-state index in [9.17, 15) is 0 Å². The first kappa shape index (κ1) is 13.7. The largest absolute Gasteiger partial charge is 0.316 e. The molecule has 4 heteroatoms. The molecule has 1 aromatic rings. The molecule has 17 heavy (non-hydrogen) atoms. The van der Waals surface area contributed by atoms with Crippen molar-refractivity contribution in [2.24, 2.45) is 5.41 Å². The molecule has 0 radical (unpaired) electrons. The van der Waals surface area contributed by atoms with E-state index in [1.165, 1.54) is 36.2 Å². The molecule has 1 aromatic heterocycles. The number of halogens is 2. The molecule has 0 amide bonds. The van der Waals surface area contributed by atoms with E-state index in [1.54, 1.807) is 0 Å². The van der Waals surface area contributed by atoms with Gasteiger partial charge >= 0.3 is 0 Å². The van der Waals surface area contributed by atoms with Crippen LogP contribution in [0, 0.1) is 5.41 Å². The van der Waals surface area contributed by atoms with Crippen LogP contribution in [0.1, 0.15) is 44.6 Å². The summed E-state index contributed by atoms with van der Waals surface area (Å²) >= 11 is 13.8. The number of thiophene rings is 1. The first-order chi connectivity index (χ1) is 8.08. The van der Waals surface area contributed by atoms with E-state index < -0.39 is 0 Å². The molecule has 1 fully saturated rings. The zero-order valence-corrected chi connectivity index (χ0v) is 12.8. The molecule has 1 saturated carbocycles. The van der Waals surface area contributed by atoms with Crippen molar-refractivity contribution >= 4 is 34.5 Å². The molecular weight excluding hydrogens is 273 g/mol. The van der Waals surface area contributed by atoms with E-state index >= 15 is 0 Å². The molecule has 1 aliphatic rings. The summed E-state index contributed by atoms with van der Waals surface area (Å²) in [6, 6.07) is 2.67. The van der Waals surface area contributed by atoms with E-state index in [-0.39, 0.29) is 0 Å². The van der Waals surface area contributed by atoms with Gasteiger partial charge in [0.15, 0.2) is 0 Å². The molecule has 1 N–H and O–H groups in total. The van der Waals surface area contributed by atoms with Gasteiger partial charge in [-0.15, -0.1) is 11.3 Å². The minimum atomic E-state index is 0.350. The standard InChI is InChI=1S/C13H19Cl2NS/c1-4-13(5-2)9(7-10(13)16-3)8-6-11(14)17-12(8)15/h6,9-10,16H,4-5,7H2,1-3H3. The molecule has 0 bridgehead atoms. The Balaban J connectivity index is 2.31. The molecular formula is C13H19Cl2NS. The third-order valence-corrected chi connectivity index (χ3v) is 6.10. The molecule has 0 aromatic carbocycles. The van der Waals surface area contributed by atoms with Crippen LogP contribution < -0.4 is 5.32 Å². The van der Waals surface area contributed by atoms with Crippen LogP contribution in [0.3, 0.4) is 0 Å². The van der Waals surface area contributed by atoms with E-state index in [4.69, 9.17) is 23.2 Å². The van der Waals surface area contributed by atoms with Gasteiger partial charge in [0.05, 0.1) is 8.67 Å². The van der Waals surface area contributed by atoms with Crippen molar-refractivity contribution < 1.29 is 0 Å². The molecule has 1 heterocycles. The molecule has 0 saturated heterocycles. The second-order valence-electron chi connectivity index (χ2n) is 4.85. The highest BCUT2D eigenvalue weighted by Gasteiger charge is 2.52. The maximum atomic E-state index is 6.30. The highest BCUT2D eigenvalue weighted by Crippen LogP contribution is 2.59. The van der Waals surface area contributed by atoms with Gasteiger partial charge in [0.1, 0.15) is 0 Å². The minimum absolute atomic E-state index is 0.350. The Morgan fingerprint density at radius 1 is 1.41 bits per heavy atom. The lowest BCUT2D eigenvalue weighted by molar-refractivity contribution is 0.0248. The first-order valence-electron chi connectivity index (χ1n) is 6.21. The molecule has 96 valence electrons. The Kier molecular flexibility index (Phi) is 4.09.